The van der Waals surface area contributed by atoms with Crippen LogP contribution in [0.2, 0.25) is 0 Å². The van der Waals surface area contributed by atoms with Crippen LogP contribution in [-0.2, 0) is 24.3 Å². The second kappa shape index (κ2) is 13.1. The lowest BCUT2D eigenvalue weighted by atomic mass is 9.84. The second-order valence-corrected chi connectivity index (χ2v) is 12.3. The number of hydrogen-bond donors (Lipinski definition) is 0. The molecule has 0 unspecified atom stereocenters. The van der Waals surface area contributed by atoms with E-state index in [1.807, 2.05) is 4.90 Å². The molecular weight excluding hydrogens is 494 g/mol. The molecule has 1 saturated carbocycles. The molecule has 0 bridgehead atoms. The highest BCUT2D eigenvalue weighted by Crippen LogP contribution is 2.30. The summed E-state index contributed by atoms with van der Waals surface area (Å²) in [6, 6.07) is 3.51. The molecule has 1 saturated heterocycles. The summed E-state index contributed by atoms with van der Waals surface area (Å²) in [5, 5.41) is 0. The van der Waals surface area contributed by atoms with Crippen LogP contribution in [0.5, 0.6) is 5.75 Å². The Balaban J connectivity index is 1.42. The Bertz CT molecular complexity index is 1020. The Morgan fingerprint density at radius 2 is 1.59 bits per heavy atom. The Morgan fingerprint density at radius 3 is 2.16 bits per heavy atom. The van der Waals surface area contributed by atoms with Crippen LogP contribution in [0.15, 0.2) is 17.0 Å². The minimum atomic E-state index is -3.71. The van der Waals surface area contributed by atoms with Crippen molar-refractivity contribution in [1.82, 2.24) is 14.1 Å². The molecule has 208 valence electrons. The maximum absolute atomic E-state index is 13.1. The van der Waals surface area contributed by atoms with Crippen molar-refractivity contribution >= 4 is 21.8 Å². The van der Waals surface area contributed by atoms with E-state index in [-0.39, 0.29) is 48.4 Å². The molecule has 1 aliphatic carbocycles. The molecule has 0 atom stereocenters. The molecule has 2 amide bonds. The van der Waals surface area contributed by atoms with Crippen molar-refractivity contribution in [2.45, 2.75) is 69.7 Å². The predicted molar refractivity (Wildman–Crippen MR) is 142 cm³/mol. The molecule has 0 spiro atoms. The number of carbonyl (C=O) groups excluding carboxylic acids is 2. The Kier molecular flexibility index (Phi) is 10.4. The topological polar surface area (TPSA) is 96.5 Å². The van der Waals surface area contributed by atoms with Crippen LogP contribution in [0.4, 0.5) is 0 Å². The maximum Gasteiger partial charge on any atom is 0.248 e. The minimum absolute atomic E-state index is 0.0737. The van der Waals surface area contributed by atoms with Crippen molar-refractivity contribution < 1.29 is 27.5 Å². The molecule has 0 N–H and O–H groups in total. The second-order valence-electron chi connectivity index (χ2n) is 10.4. The Labute approximate surface area is 222 Å². The summed E-state index contributed by atoms with van der Waals surface area (Å²) >= 11 is 0. The average Bonchev–Trinajstić information content (AvgIpc) is 2.89. The zero-order valence-corrected chi connectivity index (χ0v) is 23.8. The number of sulfonamides is 1. The van der Waals surface area contributed by atoms with Crippen molar-refractivity contribution in [3.63, 3.8) is 0 Å². The van der Waals surface area contributed by atoms with Crippen molar-refractivity contribution in [2.24, 2.45) is 5.92 Å². The summed E-state index contributed by atoms with van der Waals surface area (Å²) in [7, 11) is 1.14. The number of likely N-dealkylation sites (tertiary alicyclic amines) is 1. The van der Waals surface area contributed by atoms with Gasteiger partial charge in [0.1, 0.15) is 12.4 Å². The molecule has 1 aromatic rings. The quantitative estimate of drug-likeness (QED) is 0.426. The van der Waals surface area contributed by atoms with Crippen LogP contribution in [0.1, 0.15) is 56.1 Å². The molecule has 0 radical (unpaired) electrons. The van der Waals surface area contributed by atoms with Gasteiger partial charge >= 0.3 is 0 Å². The average molecular weight is 538 g/mol. The van der Waals surface area contributed by atoms with Crippen LogP contribution >= 0.6 is 0 Å². The van der Waals surface area contributed by atoms with Crippen molar-refractivity contribution in [3.05, 3.63) is 23.3 Å². The van der Waals surface area contributed by atoms with E-state index in [0.717, 1.165) is 51.6 Å². The first kappa shape index (κ1) is 29.4. The van der Waals surface area contributed by atoms with Gasteiger partial charge in [-0.1, -0.05) is 0 Å². The largest absolute Gasteiger partial charge is 0.497 e. The molecule has 2 fully saturated rings. The maximum atomic E-state index is 13.1. The molecule has 10 heteroatoms. The van der Waals surface area contributed by atoms with E-state index in [1.165, 1.54) is 17.8 Å². The standard InChI is InChI=1S/C27H43N3O6S/c1-20-17-24(35-5)18-21(2)26(20)37(33,34)28(3)15-16-36-19-25(31)29(4)23-11-9-22(10-12-23)27(32)30-13-7-6-8-14-30/h17-18,22-23H,6-16,19H2,1-5H3. The number of amides is 2. The van der Waals surface area contributed by atoms with E-state index >= 15 is 0 Å². The molecule has 3 rings (SSSR count). The number of ether oxygens (including phenoxy) is 2. The normalized spacial score (nSPS) is 20.6. The molecule has 1 aliphatic heterocycles. The molecule has 9 nitrogen and oxygen atoms in total. The van der Waals surface area contributed by atoms with Gasteiger partial charge in [0.2, 0.25) is 21.8 Å². The van der Waals surface area contributed by atoms with Gasteiger partial charge in [-0.2, -0.15) is 4.31 Å². The van der Waals surface area contributed by atoms with Crippen LogP contribution in [-0.4, -0.2) is 94.4 Å². The SMILES string of the molecule is COc1cc(C)c(S(=O)(=O)N(C)CCOCC(=O)N(C)C2CCC(C(=O)N3CCCCC3)CC2)c(C)c1. The van der Waals surface area contributed by atoms with Gasteiger partial charge in [-0.05, 0) is 82.1 Å². The zero-order valence-electron chi connectivity index (χ0n) is 23.0. The van der Waals surface area contributed by atoms with Gasteiger partial charge < -0.3 is 19.3 Å². The van der Waals surface area contributed by atoms with Gasteiger partial charge in [0.25, 0.3) is 0 Å². The number of rotatable bonds is 10. The van der Waals surface area contributed by atoms with Crippen LogP contribution in [0, 0.1) is 19.8 Å². The summed E-state index contributed by atoms with van der Waals surface area (Å²) in [6.45, 7) is 5.40. The number of nitrogens with zero attached hydrogens (tertiary/aromatic N) is 3. The van der Waals surface area contributed by atoms with E-state index in [9.17, 15) is 18.0 Å². The monoisotopic (exact) mass is 537 g/mol. The molecule has 37 heavy (non-hydrogen) atoms. The predicted octanol–water partition coefficient (Wildman–Crippen LogP) is 2.98. The summed E-state index contributed by atoms with van der Waals surface area (Å²) in [4.78, 5) is 29.5. The van der Waals surface area contributed by atoms with Gasteiger partial charge in [-0.15, -0.1) is 0 Å². The lowest BCUT2D eigenvalue weighted by molar-refractivity contribution is -0.140. The summed E-state index contributed by atoms with van der Waals surface area (Å²) in [6.07, 6.45) is 6.65. The van der Waals surface area contributed by atoms with Crippen molar-refractivity contribution in [1.29, 1.82) is 0 Å². The fraction of sp³-hybridized carbons (Fsp3) is 0.704. The highest BCUT2D eigenvalue weighted by Gasteiger charge is 2.32. The zero-order chi connectivity index (χ0) is 27.2. The van der Waals surface area contributed by atoms with Crippen LogP contribution in [0.25, 0.3) is 0 Å². The molecule has 1 aromatic carbocycles. The number of hydrogen-bond acceptors (Lipinski definition) is 6. The first-order chi connectivity index (χ1) is 17.6. The number of methoxy groups -OCH3 is 1. The van der Waals surface area contributed by atoms with E-state index in [0.29, 0.717) is 16.9 Å². The third-order valence-corrected chi connectivity index (χ3v) is 9.93. The molecule has 0 aromatic heterocycles. The highest BCUT2D eigenvalue weighted by atomic mass is 32.2. The van der Waals surface area contributed by atoms with Crippen LogP contribution in [0.3, 0.4) is 0 Å². The van der Waals surface area contributed by atoms with E-state index in [2.05, 4.69) is 0 Å². The van der Waals surface area contributed by atoms with E-state index in [1.54, 1.807) is 45.0 Å². The number of likely N-dealkylation sites (N-methyl/N-ethyl adjacent to an activating group) is 2. The van der Waals surface area contributed by atoms with E-state index in [4.69, 9.17) is 9.47 Å². The number of piperidine rings is 1. The summed E-state index contributed by atoms with van der Waals surface area (Å²) < 4.78 is 38.3. The smallest absolute Gasteiger partial charge is 0.248 e. The van der Waals surface area contributed by atoms with Gasteiger partial charge in [-0.3, -0.25) is 9.59 Å². The van der Waals surface area contributed by atoms with Crippen molar-refractivity contribution in [2.75, 3.05) is 54.1 Å². The third kappa shape index (κ3) is 7.23. The first-order valence-corrected chi connectivity index (χ1v) is 14.7. The van der Waals surface area contributed by atoms with Gasteiger partial charge in [-0.25, -0.2) is 8.42 Å². The third-order valence-electron chi connectivity index (χ3n) is 7.77. The van der Waals surface area contributed by atoms with E-state index < -0.39 is 10.0 Å². The summed E-state index contributed by atoms with van der Waals surface area (Å²) in [5.74, 6) is 0.849. The number of aryl methyl sites for hydroxylation is 2. The summed E-state index contributed by atoms with van der Waals surface area (Å²) in [5.41, 5.74) is 1.24. The molecular formula is C27H43N3O6S. The van der Waals surface area contributed by atoms with Gasteiger partial charge in [0.15, 0.2) is 0 Å². The highest BCUT2D eigenvalue weighted by molar-refractivity contribution is 7.89. The molecule has 1 heterocycles. The lowest BCUT2D eigenvalue weighted by Gasteiger charge is -2.37. The fourth-order valence-electron chi connectivity index (χ4n) is 5.45. The Morgan fingerprint density at radius 1 is 1.00 bits per heavy atom. The van der Waals surface area contributed by atoms with Crippen LogP contribution < -0.4 is 4.74 Å². The minimum Gasteiger partial charge on any atom is -0.497 e. The molecule has 2 aliphatic rings. The number of carbonyl (C=O) groups is 2. The van der Waals surface area contributed by atoms with Crippen molar-refractivity contribution in [3.8, 4) is 5.75 Å². The Hall–Kier alpha value is -2.17. The lowest BCUT2D eigenvalue weighted by Crippen LogP contribution is -2.45. The fourth-order valence-corrected chi connectivity index (χ4v) is 7.01. The first-order valence-electron chi connectivity index (χ1n) is 13.3. The van der Waals surface area contributed by atoms with Gasteiger partial charge in [0, 0.05) is 45.7 Å². The van der Waals surface area contributed by atoms with Gasteiger partial charge in [0.05, 0.1) is 18.6 Å². The number of benzene rings is 1.